The minimum atomic E-state index is -1.66. The maximum Gasteiger partial charge on any atom is 0.463 e. The van der Waals surface area contributed by atoms with Crippen LogP contribution in [0.2, 0.25) is 0 Å². The molecule has 8 heteroatoms. The van der Waals surface area contributed by atoms with Crippen molar-refractivity contribution in [2.45, 2.75) is 317 Å². The molecule has 468 valence electrons. The molecule has 0 aliphatic carbocycles. The molecule has 4 aromatic rings. The molecule has 0 saturated heterocycles. The molecule has 6 nitrogen and oxygen atoms in total. The molecule has 2 atom stereocenters. The molecule has 0 heterocycles. The van der Waals surface area contributed by atoms with Crippen molar-refractivity contribution >= 4 is 17.2 Å². The lowest BCUT2D eigenvalue weighted by Gasteiger charge is -2.27. The van der Waals surface area contributed by atoms with Gasteiger partial charge in [-0.25, -0.2) is 0 Å². The van der Waals surface area contributed by atoms with Gasteiger partial charge >= 0.3 is 17.2 Å². The Morgan fingerprint density at radius 1 is 0.277 bits per heavy atom. The maximum atomic E-state index is 6.71. The van der Waals surface area contributed by atoms with Gasteiger partial charge in [0, 0.05) is 5.41 Å². The maximum absolute atomic E-state index is 6.71. The van der Waals surface area contributed by atoms with Crippen molar-refractivity contribution in [1.29, 1.82) is 0 Å². The summed E-state index contributed by atoms with van der Waals surface area (Å²) in [5, 5.41) is 0. The fourth-order valence-electron chi connectivity index (χ4n) is 11.2. The SMILES string of the molecule is CCCCCCCCCCCCCCCOP(Oc1ccc(C(C)(C)c2ccc(OP(OCCCCCCCCCCCCCCC)Oc3ccccc3CCCCCCCCC)cc2)cc1)Oc1ccccc1CCCCCCCCC. The van der Waals surface area contributed by atoms with Crippen LogP contribution in [0.25, 0.3) is 0 Å². The summed E-state index contributed by atoms with van der Waals surface area (Å²) in [6.07, 6.45) is 54.4. The van der Waals surface area contributed by atoms with Gasteiger partial charge in [-0.1, -0.05) is 333 Å². The molecule has 0 spiro atoms. The van der Waals surface area contributed by atoms with E-state index in [9.17, 15) is 0 Å². The first-order valence-electron chi connectivity index (χ1n) is 34.8. The molecule has 0 amide bonds. The first-order valence-corrected chi connectivity index (χ1v) is 37.0. The van der Waals surface area contributed by atoms with Gasteiger partial charge in [0.2, 0.25) is 0 Å². The minimum absolute atomic E-state index is 0.279. The van der Waals surface area contributed by atoms with E-state index in [4.69, 9.17) is 27.1 Å². The second-order valence-corrected chi connectivity index (χ2v) is 26.7. The Labute approximate surface area is 513 Å². The van der Waals surface area contributed by atoms with Crippen LogP contribution >= 0.6 is 17.2 Å². The minimum Gasteiger partial charge on any atom is -0.418 e. The Morgan fingerprint density at radius 2 is 0.530 bits per heavy atom. The third-order valence-electron chi connectivity index (χ3n) is 16.8. The Hall–Kier alpha value is -3.14. The van der Waals surface area contributed by atoms with Crippen LogP contribution < -0.4 is 18.1 Å². The van der Waals surface area contributed by atoms with E-state index >= 15 is 0 Å². The molecule has 0 aliphatic rings. The number of hydrogen-bond acceptors (Lipinski definition) is 6. The van der Waals surface area contributed by atoms with Gasteiger partial charge < -0.3 is 18.1 Å². The average molecular weight is 1180 g/mol. The standard InChI is InChI=1S/C75H122O6P2/c1-7-11-15-19-23-25-27-29-31-33-37-41-49-65-76-82(80-73-55-47-45-53-67(73)51-43-39-35-21-17-13-9-3)78-71-61-57-69(58-62-71)75(5,6)70-59-63-72(64-60-70)79-83(77-66-50-42-38-34-32-30-28-26-24-20-16-12-8-2)81-74-56-48-46-54-68(74)52-44-40-36-22-18-14-10-4/h45-48,53-64H,7-44,49-52,65-66H2,1-6H3. The summed E-state index contributed by atoms with van der Waals surface area (Å²) in [5.74, 6) is 3.27. The van der Waals surface area contributed by atoms with Crippen LogP contribution in [0.5, 0.6) is 23.0 Å². The van der Waals surface area contributed by atoms with E-state index in [1.165, 1.54) is 253 Å². The summed E-state index contributed by atoms with van der Waals surface area (Å²) in [5.41, 5.74) is 4.58. The van der Waals surface area contributed by atoms with E-state index in [0.717, 1.165) is 61.5 Å². The zero-order chi connectivity index (χ0) is 58.9. The molecule has 4 rings (SSSR count). The fraction of sp³-hybridized carbons (Fsp3) is 0.680. The molecule has 0 aromatic heterocycles. The number of rotatable bonds is 56. The monoisotopic (exact) mass is 1180 g/mol. The molecule has 0 radical (unpaired) electrons. The first kappa shape index (κ1) is 72.3. The van der Waals surface area contributed by atoms with Crippen LogP contribution in [0.3, 0.4) is 0 Å². The highest BCUT2D eigenvalue weighted by atomic mass is 31.2. The summed E-state index contributed by atoms with van der Waals surface area (Å²) in [7, 11) is -3.32. The number of hydrogen-bond donors (Lipinski definition) is 0. The Bertz CT molecular complexity index is 1950. The molecule has 4 aromatic carbocycles. The summed E-state index contributed by atoms with van der Waals surface area (Å²) in [6, 6.07) is 34.1. The van der Waals surface area contributed by atoms with E-state index in [0.29, 0.717) is 13.2 Å². The predicted molar refractivity (Wildman–Crippen MR) is 361 cm³/mol. The number of para-hydroxylation sites is 2. The second-order valence-electron chi connectivity index (χ2n) is 24.6. The van der Waals surface area contributed by atoms with Crippen LogP contribution in [0.4, 0.5) is 0 Å². The van der Waals surface area contributed by atoms with Crippen molar-refractivity contribution in [3.63, 3.8) is 0 Å². The molecular formula is C75H122O6P2. The van der Waals surface area contributed by atoms with Gasteiger partial charge in [0.15, 0.2) is 0 Å². The zero-order valence-electron chi connectivity index (χ0n) is 54.2. The van der Waals surface area contributed by atoms with Gasteiger partial charge in [0.1, 0.15) is 23.0 Å². The highest BCUT2D eigenvalue weighted by Gasteiger charge is 2.26. The molecule has 2 unspecified atom stereocenters. The second kappa shape index (κ2) is 48.9. The Balaban J connectivity index is 1.36. The van der Waals surface area contributed by atoms with E-state index in [1.54, 1.807) is 0 Å². The molecule has 83 heavy (non-hydrogen) atoms. The molecule has 0 saturated carbocycles. The number of benzene rings is 4. The first-order chi connectivity index (χ1) is 40.9. The summed E-state index contributed by atoms with van der Waals surface area (Å²) < 4.78 is 39.7. The average Bonchev–Trinajstić information content (AvgIpc) is 3.66. The van der Waals surface area contributed by atoms with E-state index < -0.39 is 17.2 Å². The summed E-state index contributed by atoms with van der Waals surface area (Å²) >= 11 is 0. The lowest BCUT2D eigenvalue weighted by Crippen LogP contribution is -2.18. The predicted octanol–water partition coefficient (Wildman–Crippen LogP) is 26.2. The van der Waals surface area contributed by atoms with Gasteiger partial charge in [-0.15, -0.1) is 0 Å². The highest BCUT2D eigenvalue weighted by Crippen LogP contribution is 2.46. The van der Waals surface area contributed by atoms with Crippen molar-refractivity contribution < 1.29 is 27.1 Å². The molecule has 0 fully saturated rings. The Morgan fingerprint density at radius 3 is 0.819 bits per heavy atom. The van der Waals surface area contributed by atoms with Crippen LogP contribution in [0.15, 0.2) is 97.1 Å². The Kier molecular flexibility index (Phi) is 42.6. The molecular weight excluding hydrogens is 1060 g/mol. The van der Waals surface area contributed by atoms with Crippen LogP contribution in [0.1, 0.15) is 321 Å². The van der Waals surface area contributed by atoms with E-state index in [2.05, 4.69) is 139 Å². The lowest BCUT2D eigenvalue weighted by molar-refractivity contribution is 0.257. The van der Waals surface area contributed by atoms with Crippen LogP contribution in [0, 0.1) is 0 Å². The van der Waals surface area contributed by atoms with E-state index in [-0.39, 0.29) is 5.41 Å². The van der Waals surface area contributed by atoms with Gasteiger partial charge in [0.05, 0.1) is 13.2 Å². The van der Waals surface area contributed by atoms with Crippen molar-refractivity contribution in [3.8, 4) is 23.0 Å². The van der Waals surface area contributed by atoms with Gasteiger partial charge in [0.25, 0.3) is 0 Å². The highest BCUT2D eigenvalue weighted by molar-refractivity contribution is 7.42. The summed E-state index contributed by atoms with van der Waals surface area (Å²) in [4.78, 5) is 0. The number of unbranched alkanes of at least 4 members (excludes halogenated alkanes) is 36. The third-order valence-corrected chi connectivity index (χ3v) is 19.0. The fourth-order valence-corrected chi connectivity index (χ4v) is 13.3. The smallest absolute Gasteiger partial charge is 0.418 e. The van der Waals surface area contributed by atoms with Gasteiger partial charge in [-0.05, 0) is 97.2 Å². The molecule has 0 aliphatic heterocycles. The van der Waals surface area contributed by atoms with Gasteiger partial charge in [-0.2, -0.15) is 0 Å². The van der Waals surface area contributed by atoms with Crippen molar-refractivity contribution in [2.24, 2.45) is 0 Å². The van der Waals surface area contributed by atoms with Crippen LogP contribution in [-0.4, -0.2) is 13.2 Å². The quantitative estimate of drug-likeness (QED) is 0.0324. The van der Waals surface area contributed by atoms with E-state index in [1.807, 2.05) is 0 Å². The zero-order valence-corrected chi connectivity index (χ0v) is 56.0. The topological polar surface area (TPSA) is 55.4 Å². The van der Waals surface area contributed by atoms with Crippen molar-refractivity contribution in [3.05, 3.63) is 119 Å². The largest absolute Gasteiger partial charge is 0.463 e. The van der Waals surface area contributed by atoms with Crippen molar-refractivity contribution in [2.75, 3.05) is 13.2 Å². The van der Waals surface area contributed by atoms with Crippen LogP contribution in [-0.2, 0) is 27.3 Å². The van der Waals surface area contributed by atoms with Gasteiger partial charge in [-0.3, -0.25) is 9.05 Å². The normalized spacial score (nSPS) is 12.4. The van der Waals surface area contributed by atoms with Crippen molar-refractivity contribution in [1.82, 2.24) is 0 Å². The number of aryl methyl sites for hydroxylation is 2. The molecule has 0 bridgehead atoms. The lowest BCUT2D eigenvalue weighted by atomic mass is 9.78. The third kappa shape index (κ3) is 34.1. The molecule has 0 N–H and O–H groups in total. The summed E-state index contributed by atoms with van der Waals surface area (Å²) in [6.45, 7) is 15.0.